The van der Waals surface area contributed by atoms with E-state index in [2.05, 4.69) is 63.5 Å². The third kappa shape index (κ3) is 5.57. The van der Waals surface area contributed by atoms with Crippen LogP contribution in [0.5, 0.6) is 0 Å². The Bertz CT molecular complexity index is 438. The van der Waals surface area contributed by atoms with Gasteiger partial charge in [-0.05, 0) is 51.8 Å². The maximum absolute atomic E-state index is 12.5. The molecule has 3 nitrogen and oxygen atoms in total. The van der Waals surface area contributed by atoms with Crippen LogP contribution in [0.15, 0.2) is 0 Å². The first-order valence-corrected chi connectivity index (χ1v) is 10.2. The lowest BCUT2D eigenvalue weighted by molar-refractivity contribution is 0.0924. The van der Waals surface area contributed by atoms with Gasteiger partial charge in [0.05, 0.1) is 0 Å². The summed E-state index contributed by atoms with van der Waals surface area (Å²) in [5.74, 6) is 3.90. The highest BCUT2D eigenvalue weighted by atomic mass is 32.2. The lowest BCUT2D eigenvalue weighted by Crippen LogP contribution is -2.51. The van der Waals surface area contributed by atoms with E-state index >= 15 is 0 Å². The summed E-state index contributed by atoms with van der Waals surface area (Å²) < 4.78 is 14.6. The molecule has 0 bridgehead atoms. The van der Waals surface area contributed by atoms with Crippen LogP contribution in [0.1, 0.15) is 61.3 Å². The summed E-state index contributed by atoms with van der Waals surface area (Å²) in [7, 11) is -2.18. The predicted octanol–water partition coefficient (Wildman–Crippen LogP) is 3.25. The molecule has 0 aromatic heterocycles. The fraction of sp³-hybridized carbons (Fsp3) is 0.941. The van der Waals surface area contributed by atoms with Crippen LogP contribution in [0, 0.1) is 5.41 Å². The Balaban J connectivity index is 2.81. The van der Waals surface area contributed by atoms with Crippen LogP contribution in [0.4, 0.5) is 0 Å². The molecular formula is C17H36N2OS. The maximum Gasteiger partial charge on any atom is 0.0250 e. The van der Waals surface area contributed by atoms with Crippen LogP contribution in [0.2, 0.25) is 0 Å². The number of nitrogens with zero attached hydrogens (tertiary/aromatic N) is 2. The largest absolute Gasteiger partial charge is 0.296 e. The normalized spacial score (nSPS) is 21.6. The fourth-order valence-corrected chi connectivity index (χ4v) is 4.54. The van der Waals surface area contributed by atoms with Gasteiger partial charge < -0.3 is 0 Å². The average Bonchev–Trinajstić information content (AvgIpc) is 3.01. The molecule has 0 heterocycles. The van der Waals surface area contributed by atoms with Crippen molar-refractivity contribution in [2.45, 2.75) is 78.9 Å². The summed E-state index contributed by atoms with van der Waals surface area (Å²) in [6, 6.07) is 1.25. The van der Waals surface area contributed by atoms with Gasteiger partial charge in [0, 0.05) is 46.7 Å². The molecule has 1 aliphatic carbocycles. The molecule has 0 aliphatic heterocycles. The zero-order chi connectivity index (χ0) is 16.6. The monoisotopic (exact) mass is 316 g/mol. The van der Waals surface area contributed by atoms with Crippen molar-refractivity contribution in [2.24, 2.45) is 5.41 Å². The molecule has 1 aliphatic rings. The molecule has 0 spiro atoms. The maximum atomic E-state index is 12.5. The standard InChI is InChI=1S/C17H36N2OS/c1-14(16(2,3)4)18(15-10-11-15)12-13-19(17(5,6)7)21(8,9)20/h14-15H,8,10-13H2,1-7,9H3. The first-order valence-electron chi connectivity index (χ1n) is 8.10. The lowest BCUT2D eigenvalue weighted by atomic mass is 9.86. The molecule has 0 saturated heterocycles. The van der Waals surface area contributed by atoms with E-state index in [0.29, 0.717) is 6.04 Å². The van der Waals surface area contributed by atoms with Gasteiger partial charge in [-0.15, -0.1) is 0 Å². The average molecular weight is 317 g/mol. The minimum Gasteiger partial charge on any atom is -0.296 e. The second kappa shape index (κ2) is 6.21. The second-order valence-corrected chi connectivity index (χ2v) is 11.1. The molecule has 0 N–H and O–H groups in total. The molecule has 0 aromatic rings. The SMILES string of the molecule is C=S(C)(=O)N(CCN(C1CC1)C(C)C(C)(C)C)C(C)(C)C. The van der Waals surface area contributed by atoms with Crippen LogP contribution in [0.25, 0.3) is 0 Å². The Kier molecular flexibility index (Phi) is 5.61. The highest BCUT2D eigenvalue weighted by Crippen LogP contribution is 2.34. The Labute approximate surface area is 133 Å². The third-order valence-electron chi connectivity index (χ3n) is 4.54. The molecule has 2 atom stereocenters. The van der Waals surface area contributed by atoms with Gasteiger partial charge in [-0.2, -0.15) is 0 Å². The van der Waals surface area contributed by atoms with E-state index in [1.54, 1.807) is 6.26 Å². The van der Waals surface area contributed by atoms with Gasteiger partial charge in [0.15, 0.2) is 0 Å². The topological polar surface area (TPSA) is 23.6 Å². The summed E-state index contributed by atoms with van der Waals surface area (Å²) in [6.07, 6.45) is 4.37. The van der Waals surface area contributed by atoms with E-state index in [4.69, 9.17) is 0 Å². The third-order valence-corrected chi connectivity index (χ3v) is 6.21. The Morgan fingerprint density at radius 1 is 1.14 bits per heavy atom. The number of hydrogen-bond acceptors (Lipinski definition) is 2. The molecule has 2 unspecified atom stereocenters. The number of hydrogen-bond donors (Lipinski definition) is 0. The Hall–Kier alpha value is -0.0600. The quantitative estimate of drug-likeness (QED) is 0.702. The van der Waals surface area contributed by atoms with Crippen molar-refractivity contribution in [3.8, 4) is 0 Å². The van der Waals surface area contributed by atoms with Gasteiger partial charge in [0.1, 0.15) is 0 Å². The van der Waals surface area contributed by atoms with Gasteiger partial charge in [0.25, 0.3) is 0 Å². The van der Waals surface area contributed by atoms with Crippen LogP contribution in [0.3, 0.4) is 0 Å². The van der Waals surface area contributed by atoms with E-state index in [9.17, 15) is 4.21 Å². The first-order chi connectivity index (χ1) is 9.24. The Morgan fingerprint density at radius 2 is 1.62 bits per heavy atom. The van der Waals surface area contributed by atoms with Crippen LogP contribution < -0.4 is 0 Å². The minimum atomic E-state index is -2.18. The molecular weight excluding hydrogens is 280 g/mol. The van der Waals surface area contributed by atoms with Crippen molar-refractivity contribution in [3.63, 3.8) is 0 Å². The van der Waals surface area contributed by atoms with Gasteiger partial charge >= 0.3 is 0 Å². The van der Waals surface area contributed by atoms with Crippen molar-refractivity contribution in [3.05, 3.63) is 0 Å². The highest BCUT2D eigenvalue weighted by Gasteiger charge is 2.37. The van der Waals surface area contributed by atoms with E-state index in [0.717, 1.165) is 19.1 Å². The van der Waals surface area contributed by atoms with Crippen molar-refractivity contribution >= 4 is 15.6 Å². The molecule has 126 valence electrons. The first kappa shape index (κ1) is 19.0. The molecule has 4 heteroatoms. The second-order valence-electron chi connectivity index (χ2n) is 8.74. The minimum absolute atomic E-state index is 0.117. The molecule has 1 rings (SSSR count). The summed E-state index contributed by atoms with van der Waals surface area (Å²) >= 11 is 0. The van der Waals surface area contributed by atoms with Crippen LogP contribution in [-0.4, -0.2) is 56.3 Å². The molecule has 1 saturated carbocycles. The summed E-state index contributed by atoms with van der Waals surface area (Å²) in [5.41, 5.74) is 0.154. The van der Waals surface area contributed by atoms with Gasteiger partial charge in [-0.3, -0.25) is 9.11 Å². The summed E-state index contributed by atoms with van der Waals surface area (Å²) in [6.45, 7) is 17.4. The molecule has 0 radical (unpaired) electrons. The van der Waals surface area contributed by atoms with Crippen LogP contribution in [-0.2, 0) is 9.71 Å². The van der Waals surface area contributed by atoms with Crippen molar-refractivity contribution in [2.75, 3.05) is 19.3 Å². The zero-order valence-corrected chi connectivity index (χ0v) is 16.2. The van der Waals surface area contributed by atoms with Gasteiger partial charge in [-0.1, -0.05) is 20.8 Å². The van der Waals surface area contributed by atoms with Crippen molar-refractivity contribution < 1.29 is 4.21 Å². The summed E-state index contributed by atoms with van der Waals surface area (Å²) in [4.78, 5) is 2.62. The molecule has 1 fully saturated rings. The number of rotatable bonds is 6. The van der Waals surface area contributed by atoms with Crippen molar-refractivity contribution in [1.29, 1.82) is 0 Å². The van der Waals surface area contributed by atoms with E-state index in [-0.39, 0.29) is 11.0 Å². The van der Waals surface area contributed by atoms with E-state index in [1.165, 1.54) is 12.8 Å². The Morgan fingerprint density at radius 3 is 1.90 bits per heavy atom. The predicted molar refractivity (Wildman–Crippen MR) is 96.3 cm³/mol. The molecule has 0 amide bonds. The summed E-state index contributed by atoms with van der Waals surface area (Å²) in [5, 5.41) is 0. The van der Waals surface area contributed by atoms with E-state index < -0.39 is 9.71 Å². The lowest BCUT2D eigenvalue weighted by Gasteiger charge is -2.42. The smallest absolute Gasteiger partial charge is 0.0250 e. The zero-order valence-electron chi connectivity index (χ0n) is 15.4. The van der Waals surface area contributed by atoms with E-state index in [1.807, 2.05) is 0 Å². The molecule has 21 heavy (non-hydrogen) atoms. The van der Waals surface area contributed by atoms with Gasteiger partial charge in [-0.25, -0.2) is 4.31 Å². The van der Waals surface area contributed by atoms with Crippen molar-refractivity contribution in [1.82, 2.24) is 9.21 Å². The van der Waals surface area contributed by atoms with Crippen LogP contribution >= 0.6 is 0 Å². The highest BCUT2D eigenvalue weighted by molar-refractivity contribution is 7.97. The fourth-order valence-electron chi connectivity index (χ4n) is 2.91. The van der Waals surface area contributed by atoms with Gasteiger partial charge in [0.2, 0.25) is 0 Å². The molecule has 0 aromatic carbocycles.